The molecule has 0 bridgehead atoms. The maximum absolute atomic E-state index is 14.7. The maximum Gasteiger partial charge on any atom is 0.182 e. The molecule has 0 spiro atoms. The number of aromatic nitrogens is 5. The van der Waals surface area contributed by atoms with Crippen LogP contribution < -0.4 is 5.32 Å². The van der Waals surface area contributed by atoms with Crippen LogP contribution in [-0.4, -0.2) is 24.9 Å². The fraction of sp³-hybridized carbons (Fsp3) is 0.0909. The highest BCUT2D eigenvalue weighted by Crippen LogP contribution is 2.35. The lowest BCUT2D eigenvalue weighted by molar-refractivity contribution is 0.511. The van der Waals surface area contributed by atoms with Gasteiger partial charge in [0.25, 0.3) is 0 Å². The van der Waals surface area contributed by atoms with Gasteiger partial charge in [-0.1, -0.05) is 29.8 Å². The Morgan fingerprint density at radius 1 is 1.06 bits per heavy atom. The molecule has 0 aliphatic rings. The highest BCUT2D eigenvalue weighted by atomic mass is 35.5. The van der Waals surface area contributed by atoms with E-state index in [0.29, 0.717) is 38.8 Å². The fourth-order valence-electron chi connectivity index (χ4n) is 3.57. The number of H-pyrrole nitrogens is 1. The van der Waals surface area contributed by atoms with E-state index in [9.17, 15) is 8.78 Å². The molecule has 0 radical (unpaired) electrons. The molecule has 9 heteroatoms. The summed E-state index contributed by atoms with van der Waals surface area (Å²) in [5, 5.41) is 4.51. The van der Waals surface area contributed by atoms with Gasteiger partial charge < -0.3 is 10.3 Å². The van der Waals surface area contributed by atoms with Gasteiger partial charge in [0.2, 0.25) is 0 Å². The van der Waals surface area contributed by atoms with Gasteiger partial charge in [-0.25, -0.2) is 28.7 Å². The van der Waals surface area contributed by atoms with Crippen LogP contribution in [0, 0.1) is 11.6 Å². The minimum Gasteiger partial charge on any atom is -0.362 e. The van der Waals surface area contributed by atoms with Gasteiger partial charge in [0.15, 0.2) is 23.1 Å². The Morgan fingerprint density at radius 2 is 1.90 bits per heavy atom. The number of hydrogen-bond donors (Lipinski definition) is 2. The van der Waals surface area contributed by atoms with Gasteiger partial charge in [0.05, 0.1) is 28.6 Å². The first-order valence-electron chi connectivity index (χ1n) is 9.47. The van der Waals surface area contributed by atoms with E-state index in [4.69, 9.17) is 11.6 Å². The molecule has 2 aromatic carbocycles. The lowest BCUT2D eigenvalue weighted by Crippen LogP contribution is -2.11. The first kappa shape index (κ1) is 19.3. The van der Waals surface area contributed by atoms with Crippen molar-refractivity contribution in [1.29, 1.82) is 0 Å². The number of halogens is 3. The number of rotatable bonds is 4. The SMILES string of the molecule is C[C@H](Nc1ncnc2nc[nH]c12)c1cc2cccc(Cl)c2nc1-c1cccc(F)c1F. The van der Waals surface area contributed by atoms with Crippen LogP contribution in [0.2, 0.25) is 5.02 Å². The zero-order valence-corrected chi connectivity index (χ0v) is 17.0. The van der Waals surface area contributed by atoms with Crippen molar-refractivity contribution >= 4 is 39.5 Å². The first-order chi connectivity index (χ1) is 15.0. The third kappa shape index (κ3) is 3.34. The average molecular weight is 437 g/mol. The summed E-state index contributed by atoms with van der Waals surface area (Å²) in [6.07, 6.45) is 2.94. The van der Waals surface area contributed by atoms with E-state index >= 15 is 0 Å². The van der Waals surface area contributed by atoms with Crippen molar-refractivity contribution in [3.63, 3.8) is 0 Å². The molecule has 6 nitrogen and oxygen atoms in total. The average Bonchev–Trinajstić information content (AvgIpc) is 3.25. The Morgan fingerprint density at radius 3 is 2.77 bits per heavy atom. The van der Waals surface area contributed by atoms with Gasteiger partial charge in [-0.2, -0.15) is 0 Å². The molecule has 0 amide bonds. The summed E-state index contributed by atoms with van der Waals surface area (Å²) in [6, 6.07) is 10.9. The highest BCUT2D eigenvalue weighted by molar-refractivity contribution is 6.35. The molecule has 0 aliphatic carbocycles. The summed E-state index contributed by atoms with van der Waals surface area (Å²) in [4.78, 5) is 20.2. The summed E-state index contributed by atoms with van der Waals surface area (Å²) in [6.45, 7) is 1.89. The lowest BCUT2D eigenvalue weighted by Gasteiger charge is -2.20. The van der Waals surface area contributed by atoms with Crippen molar-refractivity contribution in [3.05, 3.63) is 77.3 Å². The van der Waals surface area contributed by atoms with Crippen LogP contribution in [0.5, 0.6) is 0 Å². The molecule has 5 aromatic rings. The molecular weight excluding hydrogens is 422 g/mol. The Balaban J connectivity index is 1.69. The second kappa shape index (κ2) is 7.55. The van der Waals surface area contributed by atoms with Crippen LogP contribution in [0.3, 0.4) is 0 Å². The smallest absolute Gasteiger partial charge is 0.182 e. The highest BCUT2D eigenvalue weighted by Gasteiger charge is 2.21. The molecule has 154 valence electrons. The fourth-order valence-corrected chi connectivity index (χ4v) is 3.79. The van der Waals surface area contributed by atoms with E-state index < -0.39 is 11.6 Å². The van der Waals surface area contributed by atoms with Crippen LogP contribution in [0.15, 0.2) is 55.1 Å². The number of nitrogens with one attached hydrogen (secondary N) is 2. The number of pyridine rings is 1. The quantitative estimate of drug-likeness (QED) is 0.379. The largest absolute Gasteiger partial charge is 0.362 e. The molecule has 0 unspecified atom stereocenters. The van der Waals surface area contributed by atoms with Crippen molar-refractivity contribution in [2.24, 2.45) is 0 Å². The van der Waals surface area contributed by atoms with Crippen LogP contribution in [0.25, 0.3) is 33.3 Å². The Kier molecular flexibility index (Phi) is 4.71. The molecule has 1 atom stereocenters. The third-order valence-electron chi connectivity index (χ3n) is 5.08. The Labute approximate surface area is 180 Å². The summed E-state index contributed by atoms with van der Waals surface area (Å²) >= 11 is 6.33. The van der Waals surface area contributed by atoms with Gasteiger partial charge in [0.1, 0.15) is 11.8 Å². The molecular formula is C22H15ClF2N6. The van der Waals surface area contributed by atoms with Gasteiger partial charge >= 0.3 is 0 Å². The van der Waals surface area contributed by atoms with E-state index in [0.717, 1.165) is 11.5 Å². The van der Waals surface area contributed by atoms with E-state index in [-0.39, 0.29) is 11.6 Å². The molecule has 3 heterocycles. The predicted octanol–water partition coefficient (Wildman–Crippen LogP) is 5.67. The van der Waals surface area contributed by atoms with E-state index in [2.05, 4.69) is 30.2 Å². The molecule has 3 aromatic heterocycles. The summed E-state index contributed by atoms with van der Waals surface area (Å²) in [5.41, 5.74) is 2.68. The standard InChI is InChI=1S/C22H15ClF2N6/c1-11(30-22-20-21(27-9-26-20)28-10-29-22)14-8-12-4-2-6-15(23)18(12)31-19(14)13-5-3-7-16(24)17(13)25/h2-11H,1H3,(H2,26,27,28,29,30)/t11-/m0/s1. The van der Waals surface area contributed by atoms with Gasteiger partial charge in [-0.15, -0.1) is 0 Å². The number of aromatic amines is 1. The monoisotopic (exact) mass is 436 g/mol. The lowest BCUT2D eigenvalue weighted by atomic mass is 9.98. The van der Waals surface area contributed by atoms with Crippen LogP contribution in [0.1, 0.15) is 18.5 Å². The van der Waals surface area contributed by atoms with Crippen LogP contribution >= 0.6 is 11.6 Å². The van der Waals surface area contributed by atoms with Gasteiger partial charge in [0, 0.05) is 16.5 Å². The maximum atomic E-state index is 14.7. The van der Waals surface area contributed by atoms with Crippen molar-refractivity contribution in [3.8, 4) is 11.3 Å². The van der Waals surface area contributed by atoms with Gasteiger partial charge in [-0.05, 0) is 31.2 Å². The Bertz CT molecular complexity index is 1430. The number of imidazole rings is 1. The number of anilines is 1. The van der Waals surface area contributed by atoms with Gasteiger partial charge in [-0.3, -0.25) is 0 Å². The van der Waals surface area contributed by atoms with E-state index in [1.165, 1.54) is 24.8 Å². The topological polar surface area (TPSA) is 79.4 Å². The number of fused-ring (bicyclic) bond motifs is 2. The third-order valence-corrected chi connectivity index (χ3v) is 5.38. The summed E-state index contributed by atoms with van der Waals surface area (Å²) in [5.74, 6) is -1.38. The first-order valence-corrected chi connectivity index (χ1v) is 9.85. The van der Waals surface area contributed by atoms with Crippen molar-refractivity contribution < 1.29 is 8.78 Å². The number of hydrogen-bond acceptors (Lipinski definition) is 5. The van der Waals surface area contributed by atoms with Crippen molar-refractivity contribution in [2.75, 3.05) is 5.32 Å². The molecule has 0 fully saturated rings. The number of para-hydroxylation sites is 1. The van der Waals surface area contributed by atoms with Crippen LogP contribution in [-0.2, 0) is 0 Å². The molecule has 0 saturated heterocycles. The molecule has 0 saturated carbocycles. The summed E-state index contributed by atoms with van der Waals surface area (Å²) < 4.78 is 28.7. The van der Waals surface area contributed by atoms with Crippen LogP contribution in [0.4, 0.5) is 14.6 Å². The zero-order valence-electron chi connectivity index (χ0n) is 16.2. The number of benzene rings is 2. The number of nitrogens with zero attached hydrogens (tertiary/aromatic N) is 4. The van der Waals surface area contributed by atoms with Crippen molar-refractivity contribution in [2.45, 2.75) is 13.0 Å². The normalized spacial score (nSPS) is 12.4. The minimum atomic E-state index is -0.965. The second-order valence-electron chi connectivity index (χ2n) is 7.03. The predicted molar refractivity (Wildman–Crippen MR) is 116 cm³/mol. The minimum absolute atomic E-state index is 0.0554. The van der Waals surface area contributed by atoms with E-state index in [1.54, 1.807) is 6.07 Å². The zero-order chi connectivity index (χ0) is 21.5. The Hall–Kier alpha value is -3.65. The molecule has 5 rings (SSSR count). The summed E-state index contributed by atoms with van der Waals surface area (Å²) in [7, 11) is 0. The second-order valence-corrected chi connectivity index (χ2v) is 7.44. The molecule has 2 N–H and O–H groups in total. The van der Waals surface area contributed by atoms with E-state index in [1.807, 2.05) is 25.1 Å². The molecule has 31 heavy (non-hydrogen) atoms. The molecule has 0 aliphatic heterocycles. The van der Waals surface area contributed by atoms with Crippen molar-refractivity contribution in [1.82, 2.24) is 24.9 Å².